The predicted octanol–water partition coefficient (Wildman–Crippen LogP) is 4.37. The zero-order valence-corrected chi connectivity index (χ0v) is 14.2. The summed E-state index contributed by atoms with van der Waals surface area (Å²) in [5.41, 5.74) is 2.39. The molecular weight excluding hydrogens is 338 g/mol. The smallest absolute Gasteiger partial charge is 0.274 e. The summed E-state index contributed by atoms with van der Waals surface area (Å²) < 4.78 is 27.5. The van der Waals surface area contributed by atoms with Gasteiger partial charge in [0.15, 0.2) is 0 Å². The lowest BCUT2D eigenvalue weighted by Crippen LogP contribution is -2.15. The van der Waals surface area contributed by atoms with Gasteiger partial charge in [0.2, 0.25) is 0 Å². The molecule has 0 saturated carbocycles. The minimum atomic E-state index is -0.759. The van der Waals surface area contributed by atoms with Crippen molar-refractivity contribution in [1.82, 2.24) is 9.97 Å². The number of rotatable bonds is 4. The van der Waals surface area contributed by atoms with Gasteiger partial charge in [-0.25, -0.2) is 18.7 Å². The van der Waals surface area contributed by atoms with Gasteiger partial charge < -0.3 is 10.6 Å². The summed E-state index contributed by atoms with van der Waals surface area (Å²) in [7, 11) is 0. The Labute approximate surface area is 149 Å². The second-order valence-corrected chi connectivity index (χ2v) is 5.78. The van der Waals surface area contributed by atoms with E-state index in [-0.39, 0.29) is 17.2 Å². The Bertz CT molecular complexity index is 955. The van der Waals surface area contributed by atoms with E-state index >= 15 is 0 Å². The number of aromatic nitrogens is 2. The number of aryl methyl sites for hydroxylation is 2. The van der Waals surface area contributed by atoms with E-state index in [2.05, 4.69) is 20.6 Å². The molecule has 2 N–H and O–H groups in total. The third-order valence-corrected chi connectivity index (χ3v) is 3.75. The van der Waals surface area contributed by atoms with Gasteiger partial charge in [-0.05, 0) is 37.6 Å². The van der Waals surface area contributed by atoms with E-state index in [1.54, 1.807) is 6.07 Å². The molecule has 3 rings (SSSR count). The summed E-state index contributed by atoms with van der Waals surface area (Å²) in [6, 6.07) is 10.5. The first-order valence-corrected chi connectivity index (χ1v) is 7.86. The van der Waals surface area contributed by atoms with E-state index in [0.29, 0.717) is 5.69 Å². The highest BCUT2D eigenvalue weighted by atomic mass is 19.1. The lowest BCUT2D eigenvalue weighted by atomic mass is 10.1. The number of benzene rings is 2. The maximum atomic E-state index is 13.7. The molecular formula is C19H16F2N4O. The Balaban J connectivity index is 1.81. The van der Waals surface area contributed by atoms with Gasteiger partial charge in [-0.1, -0.05) is 23.8 Å². The zero-order chi connectivity index (χ0) is 18.7. The Morgan fingerprint density at radius 1 is 1.00 bits per heavy atom. The van der Waals surface area contributed by atoms with Crippen molar-refractivity contribution >= 4 is 23.1 Å². The average Bonchev–Trinajstić information content (AvgIpc) is 2.61. The van der Waals surface area contributed by atoms with Crippen LogP contribution in [0.4, 0.5) is 26.0 Å². The molecule has 0 fully saturated rings. The molecule has 1 aromatic heterocycles. The topological polar surface area (TPSA) is 66.9 Å². The van der Waals surface area contributed by atoms with Gasteiger partial charge in [0.1, 0.15) is 35.2 Å². The molecule has 0 spiro atoms. The fraction of sp³-hybridized carbons (Fsp3) is 0.105. The zero-order valence-electron chi connectivity index (χ0n) is 14.2. The third-order valence-electron chi connectivity index (χ3n) is 3.75. The summed E-state index contributed by atoms with van der Waals surface area (Å²) in [5, 5.41) is 5.30. The number of para-hydroxylation sites is 1. The summed E-state index contributed by atoms with van der Waals surface area (Å²) >= 11 is 0. The highest BCUT2D eigenvalue weighted by Gasteiger charge is 2.13. The van der Waals surface area contributed by atoms with E-state index < -0.39 is 17.5 Å². The molecule has 0 bridgehead atoms. The summed E-state index contributed by atoms with van der Waals surface area (Å²) in [5.74, 6) is -1.86. The van der Waals surface area contributed by atoms with Crippen LogP contribution in [0, 0.1) is 25.5 Å². The molecule has 7 heteroatoms. The molecule has 26 heavy (non-hydrogen) atoms. The number of carbonyl (C=O) groups excluding carboxylic acids is 1. The maximum Gasteiger partial charge on any atom is 0.274 e. The maximum absolute atomic E-state index is 13.7. The molecule has 0 aliphatic heterocycles. The molecule has 3 aromatic rings. The number of nitrogens with one attached hydrogen (secondary N) is 2. The van der Waals surface area contributed by atoms with Crippen LogP contribution in [0.1, 0.15) is 21.6 Å². The van der Waals surface area contributed by atoms with Gasteiger partial charge in [0.05, 0.1) is 0 Å². The van der Waals surface area contributed by atoms with Crippen LogP contribution in [0.15, 0.2) is 48.8 Å². The number of halogens is 2. The van der Waals surface area contributed by atoms with Crippen LogP contribution in [0.3, 0.4) is 0 Å². The first-order chi connectivity index (χ1) is 12.4. The van der Waals surface area contributed by atoms with Crippen molar-refractivity contribution in [3.8, 4) is 0 Å². The van der Waals surface area contributed by atoms with Gasteiger partial charge in [-0.15, -0.1) is 0 Å². The molecule has 5 nitrogen and oxygen atoms in total. The summed E-state index contributed by atoms with van der Waals surface area (Å²) in [6.45, 7) is 3.85. The molecule has 0 atom stereocenters. The lowest BCUT2D eigenvalue weighted by molar-refractivity contribution is 0.102. The highest BCUT2D eigenvalue weighted by molar-refractivity contribution is 6.03. The third kappa shape index (κ3) is 3.83. The molecule has 0 aliphatic carbocycles. The van der Waals surface area contributed by atoms with Crippen LogP contribution in [0.2, 0.25) is 0 Å². The minimum Gasteiger partial charge on any atom is -0.335 e. The van der Waals surface area contributed by atoms with Crippen LogP contribution in [-0.4, -0.2) is 15.9 Å². The van der Waals surface area contributed by atoms with Gasteiger partial charge in [0.25, 0.3) is 5.91 Å². The summed E-state index contributed by atoms with van der Waals surface area (Å²) in [6.07, 6.45) is 1.15. The number of carbonyl (C=O) groups is 1. The van der Waals surface area contributed by atoms with E-state index in [9.17, 15) is 13.6 Å². The van der Waals surface area contributed by atoms with E-state index in [4.69, 9.17) is 0 Å². The number of nitrogens with zero attached hydrogens (tertiary/aromatic N) is 2. The average molecular weight is 354 g/mol. The molecule has 0 saturated heterocycles. The normalized spacial score (nSPS) is 10.5. The molecule has 1 amide bonds. The van der Waals surface area contributed by atoms with Gasteiger partial charge in [-0.3, -0.25) is 4.79 Å². The number of amides is 1. The molecule has 132 valence electrons. The van der Waals surface area contributed by atoms with Gasteiger partial charge in [0, 0.05) is 11.8 Å². The second-order valence-electron chi connectivity index (χ2n) is 5.78. The van der Waals surface area contributed by atoms with Gasteiger partial charge in [-0.2, -0.15) is 0 Å². The summed E-state index contributed by atoms with van der Waals surface area (Å²) in [4.78, 5) is 20.2. The fourth-order valence-electron chi connectivity index (χ4n) is 2.44. The molecule has 0 aliphatic rings. The first-order valence-electron chi connectivity index (χ1n) is 7.86. The lowest BCUT2D eigenvalue weighted by Gasteiger charge is -2.10. The number of hydrogen-bond acceptors (Lipinski definition) is 4. The van der Waals surface area contributed by atoms with E-state index in [0.717, 1.165) is 29.6 Å². The molecule has 1 heterocycles. The highest BCUT2D eigenvalue weighted by Crippen LogP contribution is 2.22. The van der Waals surface area contributed by atoms with Gasteiger partial charge >= 0.3 is 0 Å². The number of anilines is 3. The van der Waals surface area contributed by atoms with Crippen LogP contribution < -0.4 is 10.6 Å². The van der Waals surface area contributed by atoms with Crippen molar-refractivity contribution in [3.05, 3.63) is 77.2 Å². The van der Waals surface area contributed by atoms with Crippen molar-refractivity contribution in [2.24, 2.45) is 0 Å². The van der Waals surface area contributed by atoms with Crippen molar-refractivity contribution in [2.75, 3.05) is 10.6 Å². The molecule has 0 unspecified atom stereocenters. The Kier molecular flexibility index (Phi) is 4.88. The van der Waals surface area contributed by atoms with Crippen LogP contribution in [-0.2, 0) is 0 Å². The van der Waals surface area contributed by atoms with Crippen LogP contribution >= 0.6 is 0 Å². The minimum absolute atomic E-state index is 0.0687. The van der Waals surface area contributed by atoms with Crippen molar-refractivity contribution < 1.29 is 13.6 Å². The van der Waals surface area contributed by atoms with Crippen molar-refractivity contribution in [3.63, 3.8) is 0 Å². The van der Waals surface area contributed by atoms with E-state index in [1.807, 2.05) is 26.0 Å². The van der Waals surface area contributed by atoms with E-state index in [1.165, 1.54) is 12.1 Å². The fourth-order valence-corrected chi connectivity index (χ4v) is 2.44. The Morgan fingerprint density at radius 2 is 1.73 bits per heavy atom. The van der Waals surface area contributed by atoms with Crippen LogP contribution in [0.25, 0.3) is 0 Å². The number of hydrogen-bond donors (Lipinski definition) is 2. The predicted molar refractivity (Wildman–Crippen MR) is 95.5 cm³/mol. The SMILES string of the molecule is Cc1ccc(NC(=O)c2cc(Nc3c(F)cccc3F)ncn2)c(C)c1. The Morgan fingerprint density at radius 3 is 2.42 bits per heavy atom. The van der Waals surface area contributed by atoms with Crippen LogP contribution in [0.5, 0.6) is 0 Å². The molecule has 0 radical (unpaired) electrons. The van der Waals surface area contributed by atoms with Crippen molar-refractivity contribution in [1.29, 1.82) is 0 Å². The standard InChI is InChI=1S/C19H16F2N4O/c1-11-6-7-15(12(2)8-11)24-19(26)16-9-17(23-10-22-16)25-18-13(20)4-3-5-14(18)21/h3-10H,1-2H3,(H,24,26)(H,22,23,25). The van der Waals surface area contributed by atoms with Crippen molar-refractivity contribution in [2.45, 2.75) is 13.8 Å². The Hall–Kier alpha value is -3.35. The first kappa shape index (κ1) is 17.5. The molecule has 2 aromatic carbocycles. The second kappa shape index (κ2) is 7.26. The monoisotopic (exact) mass is 354 g/mol. The quantitative estimate of drug-likeness (QED) is 0.730. The largest absolute Gasteiger partial charge is 0.335 e.